The number of thioether (sulfide) groups is 1. The molecule has 1 aliphatic heterocycles. The highest BCUT2D eigenvalue weighted by atomic mass is 32.2. The second-order valence-electron chi connectivity index (χ2n) is 12.2. The Balaban J connectivity index is 1.27. The molecule has 1 saturated heterocycles. The zero-order valence-corrected chi connectivity index (χ0v) is 21.9. The molecule has 0 N–H and O–H groups in total. The van der Waals surface area contributed by atoms with Crippen molar-refractivity contribution in [3.05, 3.63) is 41.5 Å². The summed E-state index contributed by atoms with van der Waals surface area (Å²) in [6, 6.07) is 10.6. The molecule has 1 aromatic carbocycles. The van der Waals surface area contributed by atoms with E-state index in [1.807, 2.05) is 11.8 Å². The molecule has 0 radical (unpaired) electrons. The number of carbonyl (C=O) groups excluding carboxylic acids is 1. The molecule has 3 saturated carbocycles. The molecule has 0 aromatic heterocycles. The molecule has 0 spiro atoms. The topological polar surface area (TPSA) is 35.5 Å². The Morgan fingerprint density at radius 2 is 1.68 bits per heavy atom. The van der Waals surface area contributed by atoms with Crippen molar-refractivity contribution in [2.24, 2.45) is 34.5 Å². The van der Waals surface area contributed by atoms with E-state index in [-0.39, 0.29) is 11.2 Å². The van der Waals surface area contributed by atoms with Crippen LogP contribution in [0.15, 0.2) is 46.4 Å². The number of ketones is 1. The highest BCUT2D eigenvalue weighted by Gasteiger charge is 2.63. The first-order chi connectivity index (χ1) is 16.4. The fourth-order valence-electron chi connectivity index (χ4n) is 9.26. The summed E-state index contributed by atoms with van der Waals surface area (Å²) in [6.07, 6.45) is 9.28. The summed E-state index contributed by atoms with van der Waals surface area (Å²) in [5.74, 6) is 3.62. The van der Waals surface area contributed by atoms with E-state index in [1.165, 1.54) is 48.1 Å². The fourth-order valence-corrected chi connectivity index (χ4v) is 10.3. The van der Waals surface area contributed by atoms with Gasteiger partial charge in [-0.25, -0.2) is 0 Å². The van der Waals surface area contributed by atoms with Crippen LogP contribution in [0.5, 0.6) is 0 Å². The molecule has 4 heteroatoms. The van der Waals surface area contributed by atoms with Gasteiger partial charge >= 0.3 is 0 Å². The molecule has 0 unspecified atom stereocenters. The van der Waals surface area contributed by atoms with Crippen molar-refractivity contribution in [1.29, 1.82) is 0 Å². The van der Waals surface area contributed by atoms with E-state index in [1.54, 1.807) is 0 Å². The highest BCUT2D eigenvalue weighted by molar-refractivity contribution is 7.99. The predicted molar refractivity (Wildman–Crippen MR) is 137 cm³/mol. The van der Waals surface area contributed by atoms with E-state index in [0.29, 0.717) is 17.1 Å². The summed E-state index contributed by atoms with van der Waals surface area (Å²) < 4.78 is 12.4. The average molecular weight is 481 g/mol. The van der Waals surface area contributed by atoms with Crippen LogP contribution in [0.4, 0.5) is 0 Å². The van der Waals surface area contributed by atoms with E-state index < -0.39 is 0 Å². The van der Waals surface area contributed by atoms with Crippen LogP contribution in [0.3, 0.4) is 0 Å². The number of carbonyl (C=O) groups is 1. The van der Waals surface area contributed by atoms with Crippen molar-refractivity contribution in [3.63, 3.8) is 0 Å². The largest absolute Gasteiger partial charge is 0.348 e. The first kappa shape index (κ1) is 23.3. The molecular formula is C30H40O3S. The van der Waals surface area contributed by atoms with Gasteiger partial charge in [-0.3, -0.25) is 4.79 Å². The van der Waals surface area contributed by atoms with Crippen molar-refractivity contribution in [2.45, 2.75) is 82.8 Å². The minimum Gasteiger partial charge on any atom is -0.348 e. The number of fused-ring (bicyclic) bond motifs is 5. The van der Waals surface area contributed by atoms with Gasteiger partial charge in [0.05, 0.1) is 13.2 Å². The summed E-state index contributed by atoms with van der Waals surface area (Å²) in [5, 5.41) is 0. The molecule has 184 valence electrons. The van der Waals surface area contributed by atoms with E-state index in [9.17, 15) is 4.79 Å². The number of hydrogen-bond donors (Lipinski definition) is 0. The zero-order valence-electron chi connectivity index (χ0n) is 21.1. The van der Waals surface area contributed by atoms with E-state index in [2.05, 4.69) is 51.1 Å². The van der Waals surface area contributed by atoms with Gasteiger partial charge in [0.15, 0.2) is 11.6 Å². The minimum atomic E-state index is -0.390. The maximum Gasteiger partial charge on any atom is 0.169 e. The molecule has 6 rings (SSSR count). The summed E-state index contributed by atoms with van der Waals surface area (Å²) in [6.45, 7) is 8.77. The molecule has 6 atom stereocenters. The SMILES string of the molecule is CC1([C@H]2CC[C@H]3[C@@H]4CCC5=C(CSc6ccccc6)C(=O)CC[C@]5(C)[C@H]4CC[C@]23C)OCCO1. The predicted octanol–water partition coefficient (Wildman–Crippen LogP) is 7.06. The van der Waals surface area contributed by atoms with E-state index in [4.69, 9.17) is 9.47 Å². The standard InChI is InChI=1S/C30H40O3S/c1-28-16-14-26(31)22(19-34-20-7-5-4-6-8-20)24(28)10-9-21-23-11-12-27(30(3)32-17-18-33-30)29(23,2)15-13-25(21)28/h4-8,21,23,25,27H,9-19H2,1-3H3/t21-,23-,25-,27-,28-,29-/m0/s1. The van der Waals surface area contributed by atoms with E-state index in [0.717, 1.165) is 56.0 Å². The number of allylic oxidation sites excluding steroid dienone is 1. The number of benzene rings is 1. The summed E-state index contributed by atoms with van der Waals surface area (Å²) in [4.78, 5) is 14.4. The van der Waals surface area contributed by atoms with Crippen molar-refractivity contribution in [2.75, 3.05) is 19.0 Å². The smallest absolute Gasteiger partial charge is 0.169 e. The Kier molecular flexibility index (Phi) is 5.82. The quantitative estimate of drug-likeness (QED) is 0.432. The third kappa shape index (κ3) is 3.50. The van der Waals surface area contributed by atoms with Crippen LogP contribution in [-0.4, -0.2) is 30.5 Å². The highest BCUT2D eigenvalue weighted by Crippen LogP contribution is 2.68. The van der Waals surface area contributed by atoms with Gasteiger partial charge in [-0.05, 0) is 92.6 Å². The summed E-state index contributed by atoms with van der Waals surface area (Å²) in [7, 11) is 0. The van der Waals surface area contributed by atoms with Gasteiger partial charge in [-0.2, -0.15) is 0 Å². The lowest BCUT2D eigenvalue weighted by Crippen LogP contribution is -2.53. The van der Waals surface area contributed by atoms with Gasteiger partial charge in [0.25, 0.3) is 0 Å². The Morgan fingerprint density at radius 1 is 0.912 bits per heavy atom. The first-order valence-electron chi connectivity index (χ1n) is 13.6. The molecule has 0 bridgehead atoms. The maximum atomic E-state index is 13.1. The van der Waals surface area contributed by atoms with Crippen molar-refractivity contribution >= 4 is 17.5 Å². The monoisotopic (exact) mass is 480 g/mol. The Morgan fingerprint density at radius 3 is 2.44 bits per heavy atom. The number of hydrogen-bond acceptors (Lipinski definition) is 4. The maximum absolute atomic E-state index is 13.1. The van der Waals surface area contributed by atoms with Crippen LogP contribution < -0.4 is 0 Å². The lowest BCUT2D eigenvalue weighted by atomic mass is 9.46. The molecule has 34 heavy (non-hydrogen) atoms. The lowest BCUT2D eigenvalue weighted by Gasteiger charge is -2.59. The van der Waals surface area contributed by atoms with Crippen molar-refractivity contribution in [1.82, 2.24) is 0 Å². The molecule has 3 nitrogen and oxygen atoms in total. The second-order valence-corrected chi connectivity index (χ2v) is 13.3. The van der Waals surface area contributed by atoms with Crippen molar-refractivity contribution in [3.8, 4) is 0 Å². The average Bonchev–Trinajstić information content (AvgIpc) is 3.43. The van der Waals surface area contributed by atoms with Crippen LogP contribution >= 0.6 is 11.8 Å². The molecule has 1 aromatic rings. The summed E-state index contributed by atoms with van der Waals surface area (Å²) >= 11 is 1.84. The number of Topliss-reactive ketones (excluding diaryl/α,β-unsaturated/α-hetero) is 1. The van der Waals surface area contributed by atoms with Gasteiger partial charge in [0.1, 0.15) is 0 Å². The van der Waals surface area contributed by atoms with E-state index >= 15 is 0 Å². The van der Waals surface area contributed by atoms with Crippen LogP contribution in [0, 0.1) is 34.5 Å². The van der Waals surface area contributed by atoms with Crippen LogP contribution in [0.2, 0.25) is 0 Å². The van der Waals surface area contributed by atoms with Gasteiger partial charge in [-0.1, -0.05) is 37.6 Å². The molecule has 0 amide bonds. The lowest BCUT2D eigenvalue weighted by molar-refractivity contribution is -0.214. The number of ether oxygens (including phenoxy) is 2. The Hall–Kier alpha value is -1.10. The van der Waals surface area contributed by atoms with Crippen LogP contribution in [0.1, 0.15) is 72.1 Å². The second kappa shape index (κ2) is 8.49. The Labute approximate surface area is 209 Å². The molecule has 4 aliphatic carbocycles. The normalized spacial score (nSPS) is 41.2. The van der Waals surface area contributed by atoms with Gasteiger partial charge in [0.2, 0.25) is 0 Å². The Bertz CT molecular complexity index is 980. The van der Waals surface area contributed by atoms with Crippen LogP contribution in [-0.2, 0) is 14.3 Å². The minimum absolute atomic E-state index is 0.201. The first-order valence-corrected chi connectivity index (χ1v) is 14.6. The summed E-state index contributed by atoms with van der Waals surface area (Å²) in [5.41, 5.74) is 3.21. The molecule has 4 fully saturated rings. The third-order valence-electron chi connectivity index (χ3n) is 10.9. The zero-order chi connectivity index (χ0) is 23.6. The van der Waals surface area contributed by atoms with Crippen LogP contribution in [0.25, 0.3) is 0 Å². The van der Waals surface area contributed by atoms with Gasteiger partial charge in [-0.15, -0.1) is 11.8 Å². The van der Waals surface area contributed by atoms with Gasteiger partial charge < -0.3 is 9.47 Å². The number of rotatable bonds is 4. The third-order valence-corrected chi connectivity index (χ3v) is 11.9. The van der Waals surface area contributed by atoms with Crippen molar-refractivity contribution < 1.29 is 14.3 Å². The fraction of sp³-hybridized carbons (Fsp3) is 0.700. The molecule has 1 heterocycles. The van der Waals surface area contributed by atoms with Gasteiger partial charge in [0, 0.05) is 28.6 Å². The molecule has 5 aliphatic rings. The molecular weight excluding hydrogens is 440 g/mol.